The molecule has 0 amide bonds. The fraction of sp³-hybridized carbons (Fsp3) is 0.929. The molecule has 1 N–H and O–H groups in total. The average Bonchev–Trinajstić information content (AvgIpc) is 2.35. The largest absolute Gasteiger partial charge is 0.362 e. The summed E-state index contributed by atoms with van der Waals surface area (Å²) < 4.78 is 0. The van der Waals surface area contributed by atoms with E-state index in [2.05, 4.69) is 24.2 Å². The maximum Gasteiger partial charge on any atom is 0.156 e. The SMILES string of the molecule is CCCC1CCC(NC2=NCC(C)CS2)CC1. The Labute approximate surface area is 110 Å². The Morgan fingerprint density at radius 3 is 2.65 bits per heavy atom. The van der Waals surface area contributed by atoms with Crippen molar-refractivity contribution in [2.24, 2.45) is 16.8 Å². The van der Waals surface area contributed by atoms with Gasteiger partial charge in [-0.15, -0.1) is 0 Å². The summed E-state index contributed by atoms with van der Waals surface area (Å²) in [6.45, 7) is 5.60. The monoisotopic (exact) mass is 254 g/mol. The number of thioether (sulfide) groups is 1. The number of hydrogen-bond acceptors (Lipinski definition) is 3. The van der Waals surface area contributed by atoms with E-state index in [0.717, 1.165) is 18.4 Å². The summed E-state index contributed by atoms with van der Waals surface area (Å²) >= 11 is 1.91. The fourth-order valence-corrected chi connectivity index (χ4v) is 3.79. The van der Waals surface area contributed by atoms with E-state index in [4.69, 9.17) is 0 Å². The highest BCUT2D eigenvalue weighted by Crippen LogP contribution is 2.28. The molecule has 0 aromatic heterocycles. The molecule has 0 aromatic rings. The molecule has 1 atom stereocenters. The van der Waals surface area contributed by atoms with Gasteiger partial charge in [0.1, 0.15) is 0 Å². The van der Waals surface area contributed by atoms with Crippen LogP contribution in [0.15, 0.2) is 4.99 Å². The summed E-state index contributed by atoms with van der Waals surface area (Å²) in [6, 6.07) is 0.697. The first-order valence-corrected chi connectivity index (χ1v) is 8.20. The van der Waals surface area contributed by atoms with Crippen molar-refractivity contribution in [3.63, 3.8) is 0 Å². The van der Waals surface area contributed by atoms with Gasteiger partial charge in [0.15, 0.2) is 5.17 Å². The Hall–Kier alpha value is -0.180. The molecule has 0 saturated heterocycles. The van der Waals surface area contributed by atoms with Crippen LogP contribution in [-0.2, 0) is 0 Å². The van der Waals surface area contributed by atoms with Crippen LogP contribution in [-0.4, -0.2) is 23.5 Å². The predicted molar refractivity (Wildman–Crippen MR) is 77.7 cm³/mol. The summed E-state index contributed by atoms with van der Waals surface area (Å²) in [7, 11) is 0. The second-order valence-corrected chi connectivity index (χ2v) is 6.72. The van der Waals surface area contributed by atoms with E-state index >= 15 is 0 Å². The van der Waals surface area contributed by atoms with Gasteiger partial charge in [-0.2, -0.15) is 0 Å². The van der Waals surface area contributed by atoms with Crippen LogP contribution in [0.2, 0.25) is 0 Å². The average molecular weight is 254 g/mol. The van der Waals surface area contributed by atoms with Crippen LogP contribution in [0.25, 0.3) is 0 Å². The molecule has 3 heteroatoms. The first-order valence-electron chi connectivity index (χ1n) is 7.21. The summed E-state index contributed by atoms with van der Waals surface area (Å²) in [5.74, 6) is 2.99. The Morgan fingerprint density at radius 2 is 2.06 bits per heavy atom. The second-order valence-electron chi connectivity index (χ2n) is 5.71. The van der Waals surface area contributed by atoms with Crippen molar-refractivity contribution in [3.05, 3.63) is 0 Å². The Bertz CT molecular complexity index is 257. The lowest BCUT2D eigenvalue weighted by Crippen LogP contribution is -2.38. The van der Waals surface area contributed by atoms with Crippen molar-refractivity contribution in [1.29, 1.82) is 0 Å². The highest BCUT2D eigenvalue weighted by molar-refractivity contribution is 8.13. The van der Waals surface area contributed by atoms with Gasteiger partial charge in [0.25, 0.3) is 0 Å². The zero-order chi connectivity index (χ0) is 12.1. The van der Waals surface area contributed by atoms with Crippen molar-refractivity contribution in [2.75, 3.05) is 12.3 Å². The molecule has 98 valence electrons. The first-order chi connectivity index (χ1) is 8.28. The molecule has 0 bridgehead atoms. The van der Waals surface area contributed by atoms with Crippen LogP contribution >= 0.6 is 11.8 Å². The molecule has 2 aliphatic rings. The standard InChI is InChI=1S/C14H26N2S/c1-3-4-12-5-7-13(8-6-12)16-14-15-9-11(2)10-17-14/h11-13H,3-10H2,1-2H3,(H,15,16). The van der Waals surface area contributed by atoms with E-state index in [-0.39, 0.29) is 0 Å². The van der Waals surface area contributed by atoms with Crippen LogP contribution in [0, 0.1) is 11.8 Å². The van der Waals surface area contributed by atoms with E-state index in [9.17, 15) is 0 Å². The molecule has 1 fully saturated rings. The smallest absolute Gasteiger partial charge is 0.156 e. The van der Waals surface area contributed by atoms with Crippen molar-refractivity contribution < 1.29 is 0 Å². The normalized spacial score (nSPS) is 34.2. The minimum Gasteiger partial charge on any atom is -0.362 e. The zero-order valence-corrected chi connectivity index (χ0v) is 12.1. The van der Waals surface area contributed by atoms with Gasteiger partial charge in [-0.1, -0.05) is 38.5 Å². The number of nitrogens with zero attached hydrogens (tertiary/aromatic N) is 1. The molecule has 0 radical (unpaired) electrons. The lowest BCUT2D eigenvalue weighted by atomic mass is 9.83. The van der Waals surface area contributed by atoms with E-state index in [1.165, 1.54) is 49.4 Å². The minimum absolute atomic E-state index is 0.697. The van der Waals surface area contributed by atoms with Crippen LogP contribution in [0.4, 0.5) is 0 Å². The molecule has 0 aromatic carbocycles. The Balaban J connectivity index is 1.71. The molecule has 17 heavy (non-hydrogen) atoms. The van der Waals surface area contributed by atoms with Gasteiger partial charge >= 0.3 is 0 Å². The third-order valence-electron chi connectivity index (χ3n) is 3.92. The molecular formula is C14H26N2S. The van der Waals surface area contributed by atoms with Gasteiger partial charge in [0.05, 0.1) is 0 Å². The topological polar surface area (TPSA) is 24.4 Å². The third kappa shape index (κ3) is 4.20. The van der Waals surface area contributed by atoms with E-state index in [1.54, 1.807) is 0 Å². The molecule has 1 aliphatic heterocycles. The van der Waals surface area contributed by atoms with Crippen molar-refractivity contribution >= 4 is 16.9 Å². The highest BCUT2D eigenvalue weighted by atomic mass is 32.2. The molecular weight excluding hydrogens is 228 g/mol. The molecule has 1 saturated carbocycles. The van der Waals surface area contributed by atoms with Crippen LogP contribution in [0.5, 0.6) is 0 Å². The summed E-state index contributed by atoms with van der Waals surface area (Å²) in [4.78, 5) is 4.63. The number of hydrogen-bond donors (Lipinski definition) is 1. The second kappa shape index (κ2) is 6.67. The Morgan fingerprint density at radius 1 is 1.29 bits per heavy atom. The fourth-order valence-electron chi connectivity index (χ4n) is 2.82. The van der Waals surface area contributed by atoms with Crippen molar-refractivity contribution in [1.82, 2.24) is 5.32 Å². The Kier molecular flexibility index (Phi) is 5.20. The van der Waals surface area contributed by atoms with Gasteiger partial charge in [0, 0.05) is 18.3 Å². The highest BCUT2D eigenvalue weighted by Gasteiger charge is 2.22. The molecule has 2 rings (SSSR count). The van der Waals surface area contributed by atoms with Crippen LogP contribution < -0.4 is 5.32 Å². The first kappa shape index (κ1) is 13.3. The molecule has 2 nitrogen and oxygen atoms in total. The van der Waals surface area contributed by atoms with E-state index in [1.807, 2.05) is 11.8 Å². The van der Waals surface area contributed by atoms with Gasteiger partial charge < -0.3 is 5.32 Å². The molecule has 0 spiro atoms. The van der Waals surface area contributed by atoms with Gasteiger partial charge in [-0.25, -0.2) is 0 Å². The number of aliphatic imine (C=N–C) groups is 1. The summed E-state index contributed by atoms with van der Waals surface area (Å²) in [5, 5.41) is 4.86. The number of nitrogens with one attached hydrogen (secondary N) is 1. The number of rotatable bonds is 3. The van der Waals surface area contributed by atoms with Crippen molar-refractivity contribution in [2.45, 2.75) is 58.4 Å². The van der Waals surface area contributed by atoms with Crippen LogP contribution in [0.1, 0.15) is 52.4 Å². The van der Waals surface area contributed by atoms with Crippen LogP contribution in [0.3, 0.4) is 0 Å². The van der Waals surface area contributed by atoms with Gasteiger partial charge in [0.2, 0.25) is 0 Å². The number of amidine groups is 1. The molecule has 1 aliphatic carbocycles. The lowest BCUT2D eigenvalue weighted by Gasteiger charge is -2.30. The zero-order valence-electron chi connectivity index (χ0n) is 11.2. The summed E-state index contributed by atoms with van der Waals surface area (Å²) in [5.41, 5.74) is 0. The quantitative estimate of drug-likeness (QED) is 0.831. The van der Waals surface area contributed by atoms with Crippen molar-refractivity contribution in [3.8, 4) is 0 Å². The van der Waals surface area contributed by atoms with E-state index < -0.39 is 0 Å². The molecule has 1 heterocycles. The maximum atomic E-state index is 4.63. The lowest BCUT2D eigenvalue weighted by molar-refractivity contribution is 0.296. The van der Waals surface area contributed by atoms with Gasteiger partial charge in [-0.05, 0) is 37.5 Å². The summed E-state index contributed by atoms with van der Waals surface area (Å²) in [6.07, 6.45) is 8.31. The third-order valence-corrected chi connectivity index (χ3v) is 5.18. The minimum atomic E-state index is 0.697. The predicted octanol–water partition coefficient (Wildman–Crippen LogP) is 3.67. The molecule has 1 unspecified atom stereocenters. The maximum absolute atomic E-state index is 4.63. The van der Waals surface area contributed by atoms with Gasteiger partial charge in [-0.3, -0.25) is 4.99 Å². The van der Waals surface area contributed by atoms with E-state index in [0.29, 0.717) is 6.04 Å².